The van der Waals surface area contributed by atoms with Gasteiger partial charge in [-0.1, -0.05) is 54.6 Å². The molecule has 134 valence electrons. The van der Waals surface area contributed by atoms with Crippen molar-refractivity contribution >= 4 is 21.9 Å². The Hall–Kier alpha value is -3.53. The molecule has 0 aliphatic heterocycles. The second kappa shape index (κ2) is 5.26. The summed E-state index contributed by atoms with van der Waals surface area (Å²) in [6.45, 7) is 0. The highest BCUT2D eigenvalue weighted by Crippen LogP contribution is 2.51. The predicted molar refractivity (Wildman–Crippen MR) is 105 cm³/mol. The highest BCUT2D eigenvalue weighted by molar-refractivity contribution is 6.09. The minimum Gasteiger partial charge on any atom is -0.455 e. The molecule has 0 atom stereocenters. The molecule has 0 amide bonds. The Kier molecular flexibility index (Phi) is 2.91. The van der Waals surface area contributed by atoms with Gasteiger partial charge in [0, 0.05) is 39.2 Å². The van der Waals surface area contributed by atoms with Gasteiger partial charge in [-0.15, -0.1) is 0 Å². The van der Waals surface area contributed by atoms with Crippen LogP contribution in [0.1, 0.15) is 11.1 Å². The lowest BCUT2D eigenvalue weighted by Gasteiger charge is -2.13. The van der Waals surface area contributed by atoms with Crippen molar-refractivity contribution in [3.63, 3.8) is 0 Å². The molecule has 0 fully saturated rings. The number of fused-ring (bicyclic) bond motifs is 6. The first-order valence-electron chi connectivity index (χ1n) is 9.03. The number of para-hydroxylation sites is 2. The quantitative estimate of drug-likeness (QED) is 0.326. The zero-order chi connectivity index (χ0) is 18.9. The van der Waals surface area contributed by atoms with Crippen molar-refractivity contribution in [1.29, 1.82) is 0 Å². The number of rotatable bonds is 1. The second-order valence-electron chi connectivity index (χ2n) is 7.02. The Morgan fingerprint density at radius 1 is 0.714 bits per heavy atom. The zero-order valence-corrected chi connectivity index (χ0v) is 14.6. The summed E-state index contributed by atoms with van der Waals surface area (Å²) in [5.74, 6) is -3.04. The lowest BCUT2D eigenvalue weighted by Crippen LogP contribution is -2.11. The third kappa shape index (κ3) is 1.92. The van der Waals surface area contributed by atoms with Crippen LogP contribution in [0.15, 0.2) is 83.4 Å². The molecule has 0 saturated heterocycles. The molecule has 0 unspecified atom stereocenters. The van der Waals surface area contributed by atoms with E-state index in [-0.39, 0.29) is 11.1 Å². The van der Waals surface area contributed by atoms with Crippen LogP contribution < -0.4 is 0 Å². The van der Waals surface area contributed by atoms with Crippen molar-refractivity contribution in [2.75, 3.05) is 0 Å². The molecule has 0 bridgehead atoms. The van der Waals surface area contributed by atoms with Gasteiger partial charge in [-0.25, -0.2) is 0 Å². The van der Waals surface area contributed by atoms with Gasteiger partial charge in [-0.05, 0) is 23.8 Å². The first-order valence-corrected chi connectivity index (χ1v) is 9.03. The third-order valence-corrected chi connectivity index (χ3v) is 5.48. The summed E-state index contributed by atoms with van der Waals surface area (Å²) in [4.78, 5) is 4.51. The normalized spacial score (nSPS) is 14.4. The fraction of sp³-hybridized carbons (Fsp3) is 0.0417. The van der Waals surface area contributed by atoms with Gasteiger partial charge < -0.3 is 4.42 Å². The molecule has 3 aromatic carbocycles. The summed E-state index contributed by atoms with van der Waals surface area (Å²) in [5, 5.41) is 1.95. The van der Waals surface area contributed by atoms with E-state index in [0.717, 1.165) is 16.4 Å². The van der Waals surface area contributed by atoms with E-state index in [1.165, 1.54) is 12.1 Å². The fourth-order valence-corrected chi connectivity index (χ4v) is 4.16. The lowest BCUT2D eigenvalue weighted by atomic mass is 10.0. The molecule has 0 N–H and O–H groups in total. The van der Waals surface area contributed by atoms with Crippen molar-refractivity contribution < 1.29 is 13.2 Å². The summed E-state index contributed by atoms with van der Waals surface area (Å²) in [7, 11) is 0. The summed E-state index contributed by atoms with van der Waals surface area (Å²) < 4.78 is 36.2. The summed E-state index contributed by atoms with van der Waals surface area (Å²) >= 11 is 0. The van der Waals surface area contributed by atoms with Crippen LogP contribution in [0.2, 0.25) is 0 Å². The van der Waals surface area contributed by atoms with E-state index in [1.807, 2.05) is 42.5 Å². The molecular formula is C24H13F2NO. The molecule has 0 radical (unpaired) electrons. The Balaban J connectivity index is 1.61. The molecular weight excluding hydrogens is 356 g/mol. The maximum Gasteiger partial charge on any atom is 0.299 e. The van der Waals surface area contributed by atoms with Gasteiger partial charge in [-0.3, -0.25) is 4.98 Å². The van der Waals surface area contributed by atoms with E-state index in [0.29, 0.717) is 28.0 Å². The number of benzene rings is 3. The lowest BCUT2D eigenvalue weighted by molar-refractivity contribution is 0.0480. The monoisotopic (exact) mass is 369 g/mol. The fourth-order valence-electron chi connectivity index (χ4n) is 4.16. The van der Waals surface area contributed by atoms with Gasteiger partial charge in [0.2, 0.25) is 0 Å². The number of pyridine rings is 1. The number of aromatic nitrogens is 1. The van der Waals surface area contributed by atoms with Gasteiger partial charge in [-0.2, -0.15) is 8.78 Å². The molecule has 2 nitrogen and oxygen atoms in total. The Labute approximate surface area is 159 Å². The molecule has 0 saturated carbocycles. The van der Waals surface area contributed by atoms with Gasteiger partial charge in [0.15, 0.2) is 0 Å². The molecule has 28 heavy (non-hydrogen) atoms. The van der Waals surface area contributed by atoms with E-state index in [1.54, 1.807) is 24.4 Å². The van der Waals surface area contributed by atoms with Gasteiger partial charge in [0.25, 0.3) is 5.92 Å². The van der Waals surface area contributed by atoms with Crippen molar-refractivity contribution in [3.05, 3.63) is 90.1 Å². The van der Waals surface area contributed by atoms with E-state index in [4.69, 9.17) is 4.42 Å². The molecule has 4 heteroatoms. The number of furan rings is 1. The Morgan fingerprint density at radius 2 is 1.46 bits per heavy atom. The predicted octanol–water partition coefficient (Wildman–Crippen LogP) is 6.77. The first-order chi connectivity index (χ1) is 13.6. The number of alkyl halides is 2. The zero-order valence-electron chi connectivity index (χ0n) is 14.6. The van der Waals surface area contributed by atoms with Crippen molar-refractivity contribution in [3.8, 4) is 22.4 Å². The summed E-state index contributed by atoms with van der Waals surface area (Å²) in [6.07, 6.45) is 1.55. The highest BCUT2D eigenvalue weighted by atomic mass is 19.3. The standard InChI is InChI=1S/C24H13F2NO/c25-24(26)19-10-3-1-6-14(19)18-13-27-21(12-20(18)24)17-9-5-8-16-15-7-2-4-11-22(15)28-23(16)17/h1-13H. The van der Waals surface area contributed by atoms with Crippen LogP contribution in [0, 0.1) is 0 Å². The topological polar surface area (TPSA) is 26.0 Å². The largest absolute Gasteiger partial charge is 0.455 e. The van der Waals surface area contributed by atoms with Gasteiger partial charge in [0.05, 0.1) is 5.69 Å². The average molecular weight is 369 g/mol. The van der Waals surface area contributed by atoms with E-state index in [2.05, 4.69) is 4.98 Å². The van der Waals surface area contributed by atoms with Crippen LogP contribution in [0.4, 0.5) is 8.78 Å². The van der Waals surface area contributed by atoms with E-state index >= 15 is 8.78 Å². The van der Waals surface area contributed by atoms with Crippen LogP contribution in [-0.2, 0) is 5.92 Å². The van der Waals surface area contributed by atoms with Crippen molar-refractivity contribution in [2.45, 2.75) is 5.92 Å². The maximum atomic E-state index is 15.1. The molecule has 2 aromatic heterocycles. The molecule has 1 aliphatic rings. The van der Waals surface area contributed by atoms with Crippen LogP contribution in [-0.4, -0.2) is 4.98 Å². The average Bonchev–Trinajstić information content (AvgIpc) is 3.22. The summed E-state index contributed by atoms with van der Waals surface area (Å²) in [5.41, 5.74) is 3.68. The van der Waals surface area contributed by atoms with E-state index in [9.17, 15) is 0 Å². The number of halogens is 2. The first kappa shape index (κ1) is 15.5. The molecule has 1 aliphatic carbocycles. The second-order valence-corrected chi connectivity index (χ2v) is 7.02. The number of nitrogens with zero attached hydrogens (tertiary/aromatic N) is 1. The van der Waals surface area contributed by atoms with Crippen LogP contribution in [0.5, 0.6) is 0 Å². The number of hydrogen-bond acceptors (Lipinski definition) is 2. The van der Waals surface area contributed by atoms with Gasteiger partial charge in [0.1, 0.15) is 11.2 Å². The SMILES string of the molecule is FC1(F)c2ccccc2-c2cnc(-c3cccc4c3oc3ccccc34)cc21. The van der Waals surface area contributed by atoms with Crippen molar-refractivity contribution in [2.24, 2.45) is 0 Å². The molecule has 6 rings (SSSR count). The van der Waals surface area contributed by atoms with Crippen LogP contribution in [0.3, 0.4) is 0 Å². The Bertz CT molecular complexity index is 1400. The van der Waals surface area contributed by atoms with Crippen LogP contribution >= 0.6 is 0 Å². The van der Waals surface area contributed by atoms with E-state index < -0.39 is 5.92 Å². The minimum absolute atomic E-state index is 0.00758. The molecule has 5 aromatic rings. The smallest absolute Gasteiger partial charge is 0.299 e. The number of hydrogen-bond donors (Lipinski definition) is 0. The summed E-state index contributed by atoms with van der Waals surface area (Å²) in [6, 6.07) is 21.6. The van der Waals surface area contributed by atoms with Crippen LogP contribution in [0.25, 0.3) is 44.3 Å². The maximum absolute atomic E-state index is 15.1. The molecule has 0 spiro atoms. The third-order valence-electron chi connectivity index (χ3n) is 5.48. The Morgan fingerprint density at radius 3 is 2.39 bits per heavy atom. The minimum atomic E-state index is -3.04. The highest BCUT2D eigenvalue weighted by Gasteiger charge is 2.44. The van der Waals surface area contributed by atoms with Crippen molar-refractivity contribution in [1.82, 2.24) is 4.98 Å². The van der Waals surface area contributed by atoms with Gasteiger partial charge >= 0.3 is 0 Å². The molecule has 2 heterocycles.